The van der Waals surface area contributed by atoms with Gasteiger partial charge >= 0.3 is 0 Å². The van der Waals surface area contributed by atoms with Crippen molar-refractivity contribution in [2.45, 2.75) is 37.8 Å². The SMILES string of the molecule is O=C1CCC(NC2CCCOC2)C(=O)N1. The van der Waals surface area contributed by atoms with Crippen LogP contribution < -0.4 is 10.6 Å². The van der Waals surface area contributed by atoms with Crippen molar-refractivity contribution >= 4 is 11.8 Å². The molecule has 2 atom stereocenters. The predicted octanol–water partition coefficient (Wildman–Crippen LogP) is -0.440. The average Bonchev–Trinajstić information content (AvgIpc) is 2.24. The Morgan fingerprint density at radius 3 is 2.87 bits per heavy atom. The van der Waals surface area contributed by atoms with Gasteiger partial charge in [0.15, 0.2) is 0 Å². The van der Waals surface area contributed by atoms with Crippen molar-refractivity contribution in [3.63, 3.8) is 0 Å². The largest absolute Gasteiger partial charge is 0.380 e. The normalized spacial score (nSPS) is 32.5. The molecule has 2 rings (SSSR count). The molecule has 0 bridgehead atoms. The first kappa shape index (κ1) is 10.6. The van der Waals surface area contributed by atoms with Crippen molar-refractivity contribution in [1.29, 1.82) is 0 Å². The van der Waals surface area contributed by atoms with E-state index in [-0.39, 0.29) is 23.9 Å². The molecule has 84 valence electrons. The van der Waals surface area contributed by atoms with Crippen LogP contribution in [0.15, 0.2) is 0 Å². The Kier molecular flexibility index (Phi) is 3.33. The first-order valence-electron chi connectivity index (χ1n) is 5.43. The van der Waals surface area contributed by atoms with E-state index in [2.05, 4.69) is 10.6 Å². The van der Waals surface area contributed by atoms with Crippen molar-refractivity contribution in [1.82, 2.24) is 10.6 Å². The molecule has 5 nitrogen and oxygen atoms in total. The first-order chi connectivity index (χ1) is 7.25. The number of hydrogen-bond donors (Lipinski definition) is 2. The summed E-state index contributed by atoms with van der Waals surface area (Å²) in [6, 6.07) is 0.0251. The van der Waals surface area contributed by atoms with E-state index in [0.717, 1.165) is 19.4 Å². The summed E-state index contributed by atoms with van der Waals surface area (Å²) in [5, 5.41) is 5.58. The smallest absolute Gasteiger partial charge is 0.243 e. The van der Waals surface area contributed by atoms with Gasteiger partial charge in [0.25, 0.3) is 0 Å². The second kappa shape index (κ2) is 4.72. The molecular weight excluding hydrogens is 196 g/mol. The number of hydrogen-bond acceptors (Lipinski definition) is 4. The summed E-state index contributed by atoms with van der Waals surface area (Å²) in [7, 11) is 0. The van der Waals surface area contributed by atoms with Gasteiger partial charge in [0.2, 0.25) is 11.8 Å². The number of ether oxygens (including phenoxy) is 1. The van der Waals surface area contributed by atoms with Crippen LogP contribution in [-0.2, 0) is 14.3 Å². The van der Waals surface area contributed by atoms with Crippen LogP contribution in [0.5, 0.6) is 0 Å². The number of piperidine rings is 1. The molecule has 2 N–H and O–H groups in total. The Hall–Kier alpha value is -0.940. The minimum absolute atomic E-state index is 0.169. The lowest BCUT2D eigenvalue weighted by Crippen LogP contribution is -2.54. The molecule has 2 aliphatic heterocycles. The van der Waals surface area contributed by atoms with E-state index < -0.39 is 0 Å². The van der Waals surface area contributed by atoms with Crippen molar-refractivity contribution < 1.29 is 14.3 Å². The molecule has 5 heteroatoms. The molecule has 2 saturated heterocycles. The number of nitrogens with one attached hydrogen (secondary N) is 2. The van der Waals surface area contributed by atoms with Crippen LogP contribution in [0.3, 0.4) is 0 Å². The van der Waals surface area contributed by atoms with Gasteiger partial charge in [0.1, 0.15) is 0 Å². The van der Waals surface area contributed by atoms with Crippen molar-refractivity contribution in [2.24, 2.45) is 0 Å². The quantitative estimate of drug-likeness (QED) is 0.609. The standard InChI is InChI=1S/C10H16N2O3/c13-9-4-3-8(10(14)12-9)11-7-2-1-5-15-6-7/h7-8,11H,1-6H2,(H,12,13,14). The monoisotopic (exact) mass is 212 g/mol. The molecule has 0 aromatic heterocycles. The molecule has 0 aromatic carbocycles. The average molecular weight is 212 g/mol. The lowest BCUT2D eigenvalue weighted by Gasteiger charge is -2.29. The minimum atomic E-state index is -0.227. The highest BCUT2D eigenvalue weighted by atomic mass is 16.5. The molecule has 0 aliphatic carbocycles. The van der Waals surface area contributed by atoms with E-state index in [1.54, 1.807) is 0 Å². The highest BCUT2D eigenvalue weighted by Gasteiger charge is 2.28. The van der Waals surface area contributed by atoms with E-state index in [0.29, 0.717) is 19.4 Å². The lowest BCUT2D eigenvalue weighted by atomic mass is 10.0. The summed E-state index contributed by atoms with van der Waals surface area (Å²) in [5.74, 6) is -0.366. The summed E-state index contributed by atoms with van der Waals surface area (Å²) >= 11 is 0. The van der Waals surface area contributed by atoms with Crippen LogP contribution >= 0.6 is 0 Å². The fourth-order valence-corrected chi connectivity index (χ4v) is 2.01. The van der Waals surface area contributed by atoms with E-state index in [4.69, 9.17) is 4.74 Å². The van der Waals surface area contributed by atoms with E-state index >= 15 is 0 Å². The third kappa shape index (κ3) is 2.76. The predicted molar refractivity (Wildman–Crippen MR) is 53.1 cm³/mol. The van der Waals surface area contributed by atoms with Gasteiger partial charge in [-0.25, -0.2) is 0 Å². The molecule has 2 fully saturated rings. The van der Waals surface area contributed by atoms with Gasteiger partial charge in [-0.2, -0.15) is 0 Å². The van der Waals surface area contributed by atoms with Gasteiger partial charge in [-0.05, 0) is 19.3 Å². The maximum absolute atomic E-state index is 11.4. The molecule has 0 spiro atoms. The number of carbonyl (C=O) groups is 2. The summed E-state index contributed by atoms with van der Waals surface area (Å²) in [6.07, 6.45) is 3.10. The third-order valence-corrected chi connectivity index (χ3v) is 2.84. The fourth-order valence-electron chi connectivity index (χ4n) is 2.01. The number of carbonyl (C=O) groups excluding carboxylic acids is 2. The number of rotatable bonds is 2. The van der Waals surface area contributed by atoms with Gasteiger partial charge in [0, 0.05) is 19.1 Å². The molecule has 15 heavy (non-hydrogen) atoms. The van der Waals surface area contributed by atoms with Crippen LogP contribution in [0.25, 0.3) is 0 Å². The Morgan fingerprint density at radius 2 is 2.20 bits per heavy atom. The molecule has 0 radical (unpaired) electrons. The third-order valence-electron chi connectivity index (χ3n) is 2.84. The van der Waals surface area contributed by atoms with Crippen LogP contribution in [0, 0.1) is 0 Å². The molecule has 2 heterocycles. The Morgan fingerprint density at radius 1 is 1.33 bits per heavy atom. The van der Waals surface area contributed by atoms with E-state index in [9.17, 15) is 9.59 Å². The zero-order valence-corrected chi connectivity index (χ0v) is 8.62. The number of imide groups is 1. The number of amides is 2. The summed E-state index contributed by atoms with van der Waals surface area (Å²) in [4.78, 5) is 22.4. The maximum atomic E-state index is 11.4. The van der Waals surface area contributed by atoms with E-state index in [1.807, 2.05) is 0 Å². The van der Waals surface area contributed by atoms with Crippen LogP contribution in [0.4, 0.5) is 0 Å². The Balaban J connectivity index is 1.82. The van der Waals surface area contributed by atoms with Gasteiger partial charge < -0.3 is 10.1 Å². The zero-order valence-electron chi connectivity index (χ0n) is 8.62. The Labute approximate surface area is 88.5 Å². The van der Waals surface area contributed by atoms with Gasteiger partial charge in [-0.15, -0.1) is 0 Å². The van der Waals surface area contributed by atoms with Gasteiger partial charge in [0.05, 0.1) is 12.6 Å². The first-order valence-corrected chi connectivity index (χ1v) is 5.43. The Bertz CT molecular complexity index is 261. The summed E-state index contributed by atoms with van der Waals surface area (Å²) in [5.41, 5.74) is 0. The van der Waals surface area contributed by atoms with Crippen molar-refractivity contribution in [3.05, 3.63) is 0 Å². The second-order valence-electron chi connectivity index (χ2n) is 4.08. The van der Waals surface area contributed by atoms with Crippen LogP contribution in [0.1, 0.15) is 25.7 Å². The fraction of sp³-hybridized carbons (Fsp3) is 0.800. The van der Waals surface area contributed by atoms with Crippen molar-refractivity contribution in [3.8, 4) is 0 Å². The zero-order chi connectivity index (χ0) is 10.7. The highest BCUT2D eigenvalue weighted by Crippen LogP contribution is 2.10. The maximum Gasteiger partial charge on any atom is 0.243 e. The summed E-state index contributed by atoms with van der Waals surface area (Å²) < 4.78 is 5.32. The molecule has 2 unspecified atom stereocenters. The molecule has 2 aliphatic rings. The minimum Gasteiger partial charge on any atom is -0.380 e. The summed E-state index contributed by atoms with van der Waals surface area (Å²) in [6.45, 7) is 1.48. The van der Waals surface area contributed by atoms with Crippen LogP contribution in [-0.4, -0.2) is 37.1 Å². The topological polar surface area (TPSA) is 67.4 Å². The molecule has 2 amide bonds. The van der Waals surface area contributed by atoms with Gasteiger partial charge in [-0.1, -0.05) is 0 Å². The molecule has 0 saturated carbocycles. The molecular formula is C10H16N2O3. The van der Waals surface area contributed by atoms with Crippen LogP contribution in [0.2, 0.25) is 0 Å². The van der Waals surface area contributed by atoms with E-state index in [1.165, 1.54) is 0 Å². The lowest BCUT2D eigenvalue weighted by molar-refractivity contribution is -0.135. The second-order valence-corrected chi connectivity index (χ2v) is 4.08. The van der Waals surface area contributed by atoms with Crippen molar-refractivity contribution in [2.75, 3.05) is 13.2 Å². The highest BCUT2D eigenvalue weighted by molar-refractivity contribution is 6.00. The molecule has 0 aromatic rings. The van der Waals surface area contributed by atoms with Gasteiger partial charge in [-0.3, -0.25) is 14.9 Å².